The third-order valence-electron chi connectivity index (χ3n) is 8.72. The summed E-state index contributed by atoms with van der Waals surface area (Å²) in [7, 11) is 0. The van der Waals surface area contributed by atoms with Gasteiger partial charge in [0.25, 0.3) is 11.8 Å². The van der Waals surface area contributed by atoms with Gasteiger partial charge in [0.15, 0.2) is 0 Å². The zero-order valence-electron chi connectivity index (χ0n) is 33.3. The van der Waals surface area contributed by atoms with Crippen molar-refractivity contribution < 1.29 is 28.7 Å². The zero-order valence-corrected chi connectivity index (χ0v) is 33.3. The van der Waals surface area contributed by atoms with Gasteiger partial charge < -0.3 is 20.1 Å². The molecule has 0 fully saturated rings. The third kappa shape index (κ3) is 11.5. The third-order valence-corrected chi connectivity index (χ3v) is 8.72. The molecule has 0 aliphatic rings. The van der Waals surface area contributed by atoms with E-state index in [4.69, 9.17) is 24.4 Å². The van der Waals surface area contributed by atoms with Gasteiger partial charge in [-0.05, 0) is 122 Å². The number of rotatable bonds is 12. The van der Waals surface area contributed by atoms with Crippen LogP contribution < -0.4 is 10.6 Å². The molecule has 0 saturated carbocycles. The summed E-state index contributed by atoms with van der Waals surface area (Å²) in [5.41, 5.74) is 5.83. The lowest BCUT2D eigenvalue weighted by atomic mass is 10.0. The number of carbonyl (C=O) groups is 4. The summed E-state index contributed by atoms with van der Waals surface area (Å²) in [6.45, 7) is 11.3. The zero-order chi connectivity index (χ0) is 41.6. The summed E-state index contributed by atoms with van der Waals surface area (Å²) in [5.74, 6) is 10.5. The monoisotopic (exact) mass is 775 g/mol. The number of nitrogens with zero attached hydrogens (tertiary/aromatic N) is 3. The Morgan fingerprint density at radius 1 is 0.500 bits per heavy atom. The molecule has 0 aliphatic carbocycles. The lowest BCUT2D eigenvalue weighted by Gasteiger charge is -2.20. The second-order valence-electron chi connectivity index (χ2n) is 13.8. The van der Waals surface area contributed by atoms with Gasteiger partial charge in [-0.15, -0.1) is 0 Å². The highest BCUT2D eigenvalue weighted by atomic mass is 16.5. The van der Waals surface area contributed by atoms with Crippen molar-refractivity contribution in [2.75, 3.05) is 13.2 Å². The van der Waals surface area contributed by atoms with Crippen LogP contribution in [-0.4, -0.2) is 64.0 Å². The van der Waals surface area contributed by atoms with Crippen LogP contribution in [0.25, 0.3) is 22.8 Å². The molecule has 58 heavy (non-hydrogen) atoms. The second kappa shape index (κ2) is 20.2. The average molecular weight is 776 g/mol. The summed E-state index contributed by atoms with van der Waals surface area (Å²) in [6, 6.07) is 28.8. The SMILES string of the molecule is CCOC(=O)[C@@H](NC(=O)c1ccc(C#Cc2cccc(-c3cccc(-c4cccc(C#Cc5ccc(C(=O)N[C@H](C(=O)OCC)C(C)C)cc5)n4)n3)n2)cc1)C(C)C. The first-order valence-corrected chi connectivity index (χ1v) is 19.1. The number of carbonyl (C=O) groups excluding carboxylic acids is 4. The van der Waals surface area contributed by atoms with Crippen LogP contribution in [0.5, 0.6) is 0 Å². The predicted octanol–water partition coefficient (Wildman–Crippen LogP) is 6.64. The first-order chi connectivity index (χ1) is 27.9. The molecule has 0 saturated heterocycles. The molecule has 11 nitrogen and oxygen atoms in total. The number of aromatic nitrogens is 3. The maximum Gasteiger partial charge on any atom is 0.328 e. The molecule has 5 aromatic rings. The maximum atomic E-state index is 12.8. The maximum absolute atomic E-state index is 12.8. The van der Waals surface area contributed by atoms with Crippen LogP contribution in [0.1, 0.15) is 84.8 Å². The lowest BCUT2D eigenvalue weighted by molar-refractivity contribution is -0.147. The largest absolute Gasteiger partial charge is 0.464 e. The van der Waals surface area contributed by atoms with Crippen molar-refractivity contribution in [3.05, 3.63) is 137 Å². The Labute approximate surface area is 339 Å². The Morgan fingerprint density at radius 3 is 1.19 bits per heavy atom. The Morgan fingerprint density at radius 2 is 0.845 bits per heavy atom. The first-order valence-electron chi connectivity index (χ1n) is 19.1. The minimum atomic E-state index is -0.743. The van der Waals surface area contributed by atoms with Gasteiger partial charge in [-0.2, -0.15) is 0 Å². The first kappa shape index (κ1) is 42.0. The highest BCUT2D eigenvalue weighted by Crippen LogP contribution is 2.21. The molecular weight excluding hydrogens is 731 g/mol. The number of nitrogens with one attached hydrogen (secondary N) is 2. The quantitative estimate of drug-likeness (QED) is 0.105. The normalized spacial score (nSPS) is 11.6. The van der Waals surface area contributed by atoms with E-state index in [1.54, 1.807) is 62.4 Å². The van der Waals surface area contributed by atoms with Gasteiger partial charge in [0.1, 0.15) is 23.5 Å². The summed E-state index contributed by atoms with van der Waals surface area (Å²) in [4.78, 5) is 64.5. The van der Waals surface area contributed by atoms with Gasteiger partial charge in [-0.1, -0.05) is 57.7 Å². The Kier molecular flexibility index (Phi) is 14.6. The molecule has 2 amide bonds. The molecule has 2 atom stereocenters. The van der Waals surface area contributed by atoms with Crippen molar-refractivity contribution in [1.82, 2.24) is 25.6 Å². The molecule has 3 heterocycles. The summed E-state index contributed by atoms with van der Waals surface area (Å²) in [5, 5.41) is 5.53. The van der Waals surface area contributed by atoms with E-state index in [0.29, 0.717) is 56.4 Å². The molecule has 5 rings (SSSR count). The molecule has 2 aromatic carbocycles. The van der Waals surface area contributed by atoms with Crippen LogP contribution in [0.15, 0.2) is 103 Å². The molecule has 11 heteroatoms. The van der Waals surface area contributed by atoms with Gasteiger partial charge >= 0.3 is 11.9 Å². The van der Waals surface area contributed by atoms with E-state index in [9.17, 15) is 19.2 Å². The number of esters is 2. The standard InChI is InChI=1S/C47H45N5O6/c1-7-57-46(55)42(30(3)4)51-44(53)34-24-18-32(19-25-34)22-28-36-12-9-14-38(48-36)40-16-11-17-41(50-40)39-15-10-13-37(49-39)29-23-33-20-26-35(27-21-33)45(54)52-43(31(5)6)47(56)58-8-2/h9-21,24-27,30-31,42-43H,7-8H2,1-6H3,(H,51,53)(H,52,54)/t42-,43-/m0/s1. The van der Waals surface area contributed by atoms with Crippen LogP contribution in [0.4, 0.5) is 0 Å². The number of ether oxygens (including phenoxy) is 2. The van der Waals surface area contributed by atoms with Crippen LogP contribution >= 0.6 is 0 Å². The van der Waals surface area contributed by atoms with E-state index in [2.05, 4.69) is 34.3 Å². The number of hydrogen-bond acceptors (Lipinski definition) is 9. The fraction of sp³-hybridized carbons (Fsp3) is 0.255. The van der Waals surface area contributed by atoms with Crippen molar-refractivity contribution >= 4 is 23.8 Å². The smallest absolute Gasteiger partial charge is 0.328 e. The highest BCUT2D eigenvalue weighted by molar-refractivity contribution is 5.97. The molecule has 0 aliphatic heterocycles. The van der Waals surface area contributed by atoms with E-state index < -0.39 is 24.0 Å². The Balaban J connectivity index is 1.25. The molecular formula is C47H45N5O6. The van der Waals surface area contributed by atoms with E-state index in [0.717, 1.165) is 0 Å². The van der Waals surface area contributed by atoms with Crippen LogP contribution in [0.2, 0.25) is 0 Å². The molecule has 2 N–H and O–H groups in total. The minimum Gasteiger partial charge on any atom is -0.464 e. The highest BCUT2D eigenvalue weighted by Gasteiger charge is 2.27. The van der Waals surface area contributed by atoms with Crippen molar-refractivity contribution in [3.63, 3.8) is 0 Å². The van der Waals surface area contributed by atoms with Crippen LogP contribution in [0, 0.1) is 35.5 Å². The van der Waals surface area contributed by atoms with Crippen molar-refractivity contribution in [2.24, 2.45) is 11.8 Å². The van der Waals surface area contributed by atoms with Crippen LogP contribution in [0.3, 0.4) is 0 Å². The van der Waals surface area contributed by atoms with Crippen molar-refractivity contribution in [2.45, 2.75) is 53.6 Å². The van der Waals surface area contributed by atoms with E-state index >= 15 is 0 Å². The molecule has 0 radical (unpaired) electrons. The summed E-state index contributed by atoms with van der Waals surface area (Å²) >= 11 is 0. The Bertz CT molecular complexity index is 2220. The molecule has 0 bridgehead atoms. The second-order valence-corrected chi connectivity index (χ2v) is 13.8. The van der Waals surface area contributed by atoms with Gasteiger partial charge in [0, 0.05) is 22.3 Å². The number of benzene rings is 2. The molecule has 0 unspecified atom stereocenters. The van der Waals surface area contributed by atoms with Crippen molar-refractivity contribution in [1.29, 1.82) is 0 Å². The van der Waals surface area contributed by atoms with Gasteiger partial charge in [0.05, 0.1) is 36.0 Å². The molecule has 0 spiro atoms. The van der Waals surface area contributed by atoms with E-state index in [1.807, 2.05) is 82.3 Å². The van der Waals surface area contributed by atoms with Crippen molar-refractivity contribution in [3.8, 4) is 46.5 Å². The van der Waals surface area contributed by atoms with Crippen LogP contribution in [-0.2, 0) is 19.1 Å². The minimum absolute atomic E-state index is 0.130. The van der Waals surface area contributed by atoms with Gasteiger partial charge in [-0.25, -0.2) is 24.5 Å². The van der Waals surface area contributed by atoms with E-state index in [1.165, 1.54) is 0 Å². The van der Waals surface area contributed by atoms with E-state index in [-0.39, 0.29) is 36.9 Å². The molecule has 294 valence electrons. The van der Waals surface area contributed by atoms with Gasteiger partial charge in [0.2, 0.25) is 0 Å². The number of hydrogen-bond donors (Lipinski definition) is 2. The Hall–Kier alpha value is -7.11. The average Bonchev–Trinajstić information content (AvgIpc) is 3.23. The summed E-state index contributed by atoms with van der Waals surface area (Å²) < 4.78 is 10.2. The molecule has 3 aromatic heterocycles. The number of amides is 2. The topological polar surface area (TPSA) is 149 Å². The number of pyridine rings is 3. The predicted molar refractivity (Wildman–Crippen MR) is 221 cm³/mol. The fourth-order valence-electron chi connectivity index (χ4n) is 5.60. The lowest BCUT2D eigenvalue weighted by Crippen LogP contribution is -2.45. The summed E-state index contributed by atoms with van der Waals surface area (Å²) in [6.07, 6.45) is 0. The fourth-order valence-corrected chi connectivity index (χ4v) is 5.60. The van der Waals surface area contributed by atoms with Gasteiger partial charge in [-0.3, -0.25) is 9.59 Å².